The minimum atomic E-state index is -0.695. The summed E-state index contributed by atoms with van der Waals surface area (Å²) in [6, 6.07) is -1.15. The van der Waals surface area contributed by atoms with Gasteiger partial charge in [0.05, 0.1) is 12.1 Å². The number of carboxylic acids is 2. The fourth-order valence-electron chi connectivity index (χ4n) is 5.42. The largest absolute Gasteiger partial charge is 0.481 e. The molecule has 0 aromatic carbocycles. The molecule has 0 spiro atoms. The minimum Gasteiger partial charge on any atom is -0.481 e. The Kier molecular flexibility index (Phi) is 34.2. The number of carbonyl (C=O) groups excluding carboxylic acids is 2. The molecule has 0 aliphatic heterocycles. The summed E-state index contributed by atoms with van der Waals surface area (Å²) < 4.78 is 0. The van der Waals surface area contributed by atoms with Crippen molar-refractivity contribution in [1.29, 1.82) is 0 Å². The molecule has 282 valence electrons. The molecule has 10 nitrogen and oxygen atoms in total. The van der Waals surface area contributed by atoms with Crippen LogP contribution in [0.15, 0.2) is 0 Å². The molecule has 0 rings (SSSR count). The molecule has 48 heavy (non-hydrogen) atoms. The number of nitrogens with two attached hydrogens (primary N) is 2. The van der Waals surface area contributed by atoms with Gasteiger partial charge in [-0.2, -0.15) is 0 Å². The Morgan fingerprint density at radius 2 is 0.646 bits per heavy atom. The van der Waals surface area contributed by atoms with Gasteiger partial charge in [-0.05, 0) is 25.7 Å². The van der Waals surface area contributed by atoms with E-state index in [0.29, 0.717) is 37.4 Å². The molecule has 0 aliphatic carbocycles. The van der Waals surface area contributed by atoms with Crippen LogP contribution in [0, 0.1) is 0 Å². The number of carbonyl (C=O) groups is 4. The second-order valence-corrected chi connectivity index (χ2v) is 15.7. The molecule has 8 N–H and O–H groups in total. The van der Waals surface area contributed by atoms with E-state index in [9.17, 15) is 19.2 Å². The lowest BCUT2D eigenvalue weighted by Gasteiger charge is -2.14. The van der Waals surface area contributed by atoms with Gasteiger partial charge in [0.2, 0.25) is 11.8 Å². The highest BCUT2D eigenvalue weighted by Gasteiger charge is 2.16. The predicted molar refractivity (Wildman–Crippen MR) is 202 cm³/mol. The van der Waals surface area contributed by atoms with E-state index in [-0.39, 0.29) is 11.8 Å². The summed E-state index contributed by atoms with van der Waals surface area (Å²) in [7, 11) is 2.96. The molecule has 0 aliphatic rings. The lowest BCUT2D eigenvalue weighted by Crippen LogP contribution is -2.43. The smallest absolute Gasteiger partial charge is 0.303 e. The summed E-state index contributed by atoms with van der Waals surface area (Å²) in [5, 5.41) is 23.2. The third-order valence-corrected chi connectivity index (χ3v) is 11.0. The fourth-order valence-corrected chi connectivity index (χ4v) is 7.66. The van der Waals surface area contributed by atoms with Crippen LogP contribution in [0.2, 0.25) is 0 Å². The maximum absolute atomic E-state index is 12.3. The summed E-state index contributed by atoms with van der Waals surface area (Å²) in [5.74, 6) is -0.702. The van der Waals surface area contributed by atoms with Gasteiger partial charge in [-0.25, -0.2) is 0 Å². The predicted octanol–water partition coefficient (Wildman–Crippen LogP) is 7.57. The van der Waals surface area contributed by atoms with Crippen molar-refractivity contribution in [2.45, 2.75) is 179 Å². The normalized spacial score (nSPS) is 12.5. The minimum absolute atomic E-state index is 0.130. The van der Waals surface area contributed by atoms with Gasteiger partial charge in [0.25, 0.3) is 0 Å². The summed E-state index contributed by atoms with van der Waals surface area (Å²) >= 11 is 0. The molecule has 2 atom stereocenters. The average Bonchev–Trinajstić information content (AvgIpc) is 3.05. The molecular weight excluding hydrogens is 649 g/mol. The Balaban J connectivity index is 3.49. The monoisotopic (exact) mass is 718 g/mol. The van der Waals surface area contributed by atoms with Crippen LogP contribution in [-0.2, 0) is 19.2 Å². The summed E-state index contributed by atoms with van der Waals surface area (Å²) in [4.78, 5) is 45.5. The van der Waals surface area contributed by atoms with Gasteiger partial charge in [0.1, 0.15) is 0 Å². The fraction of sp³-hybridized carbons (Fsp3) is 0.889. The van der Waals surface area contributed by atoms with Crippen molar-refractivity contribution in [2.75, 3.05) is 24.6 Å². The summed E-state index contributed by atoms with van der Waals surface area (Å²) in [6.07, 6.45) is 27.9. The van der Waals surface area contributed by atoms with Crippen LogP contribution in [-0.4, -0.2) is 70.6 Å². The molecule has 2 unspecified atom stereocenters. The van der Waals surface area contributed by atoms with E-state index in [2.05, 4.69) is 10.6 Å². The van der Waals surface area contributed by atoms with Crippen LogP contribution < -0.4 is 22.1 Å². The van der Waals surface area contributed by atoms with E-state index >= 15 is 0 Å². The Morgan fingerprint density at radius 3 is 0.896 bits per heavy atom. The van der Waals surface area contributed by atoms with Crippen molar-refractivity contribution in [2.24, 2.45) is 11.5 Å². The molecule has 0 bridgehead atoms. The van der Waals surface area contributed by atoms with Crippen LogP contribution in [0.3, 0.4) is 0 Å². The van der Waals surface area contributed by atoms with Gasteiger partial charge in [-0.1, -0.05) is 150 Å². The quantitative estimate of drug-likeness (QED) is 0.0277. The maximum Gasteiger partial charge on any atom is 0.303 e. The highest BCUT2D eigenvalue weighted by Crippen LogP contribution is 2.22. The van der Waals surface area contributed by atoms with Crippen molar-refractivity contribution in [3.05, 3.63) is 0 Å². The van der Waals surface area contributed by atoms with Crippen LogP contribution >= 0.6 is 21.6 Å². The van der Waals surface area contributed by atoms with E-state index in [1.807, 2.05) is 0 Å². The number of aliphatic carboxylic acids is 2. The Labute approximate surface area is 299 Å². The van der Waals surface area contributed by atoms with Gasteiger partial charge >= 0.3 is 11.9 Å². The zero-order valence-electron chi connectivity index (χ0n) is 29.9. The second-order valence-electron chi connectivity index (χ2n) is 13.1. The Bertz CT molecular complexity index is 744. The lowest BCUT2D eigenvalue weighted by molar-refractivity contribution is -0.138. The maximum atomic E-state index is 12.3. The van der Waals surface area contributed by atoms with Gasteiger partial charge in [-0.3, -0.25) is 19.2 Å². The third kappa shape index (κ3) is 34.4. The van der Waals surface area contributed by atoms with Crippen molar-refractivity contribution in [1.82, 2.24) is 10.6 Å². The standard InChI is InChI=1S/C36H70N4O6S2/c37-31(35(45)39-27-23-19-15-11-7-3-1-5-9-13-17-21-25-33(41)42)29-47-48-30-32(38)36(46)40-28-24-20-16-12-8-4-2-6-10-14-18-22-26-34(43)44/h31-32H,1-30,37-38H2,(H,39,45)(H,40,46)(H,41,42)(H,43,44). The van der Waals surface area contributed by atoms with Gasteiger partial charge in [-0.15, -0.1) is 0 Å². The van der Waals surface area contributed by atoms with Gasteiger partial charge in [0.15, 0.2) is 0 Å². The first-order valence-corrected chi connectivity index (χ1v) is 21.5. The zero-order chi connectivity index (χ0) is 35.5. The molecular formula is C36H70N4O6S2. The molecule has 0 saturated heterocycles. The van der Waals surface area contributed by atoms with Crippen molar-refractivity contribution in [3.63, 3.8) is 0 Å². The van der Waals surface area contributed by atoms with Crippen LogP contribution in [0.5, 0.6) is 0 Å². The molecule has 0 radical (unpaired) electrons. The first kappa shape index (κ1) is 46.5. The highest BCUT2D eigenvalue weighted by atomic mass is 33.1. The topological polar surface area (TPSA) is 185 Å². The first-order chi connectivity index (χ1) is 23.2. The summed E-state index contributed by atoms with van der Waals surface area (Å²) in [5.41, 5.74) is 12.1. The van der Waals surface area contributed by atoms with Crippen molar-refractivity contribution in [3.8, 4) is 0 Å². The van der Waals surface area contributed by atoms with E-state index in [0.717, 1.165) is 64.2 Å². The first-order valence-electron chi connectivity index (χ1n) is 19.0. The number of amides is 2. The lowest BCUT2D eigenvalue weighted by atomic mass is 10.0. The van der Waals surface area contributed by atoms with E-state index in [1.165, 1.54) is 111 Å². The Hall–Kier alpha value is -1.50. The number of carboxylic acid groups (broad SMARTS) is 2. The van der Waals surface area contributed by atoms with Crippen molar-refractivity contribution >= 4 is 45.3 Å². The van der Waals surface area contributed by atoms with Crippen molar-refractivity contribution < 1.29 is 29.4 Å². The van der Waals surface area contributed by atoms with E-state index in [4.69, 9.17) is 21.7 Å². The second kappa shape index (κ2) is 35.3. The number of unbranched alkanes of at least 4 members (excludes halogenated alkanes) is 22. The molecule has 2 amide bonds. The Morgan fingerprint density at radius 1 is 0.417 bits per heavy atom. The van der Waals surface area contributed by atoms with Crippen LogP contribution in [0.4, 0.5) is 0 Å². The number of rotatable bonds is 37. The molecule has 0 saturated carbocycles. The molecule has 0 aromatic rings. The third-order valence-electron chi connectivity index (χ3n) is 8.49. The SMILES string of the molecule is NC(CSSCC(N)C(=O)NCCCCCCCCCCCCCCC(=O)O)C(=O)NCCCCCCCCCCCCCCC(=O)O. The number of nitrogens with one attached hydrogen (secondary N) is 2. The average molecular weight is 719 g/mol. The number of hydrogen-bond donors (Lipinski definition) is 6. The number of hydrogen-bond acceptors (Lipinski definition) is 8. The van der Waals surface area contributed by atoms with Gasteiger partial charge in [0, 0.05) is 37.4 Å². The van der Waals surface area contributed by atoms with Crippen LogP contribution in [0.1, 0.15) is 167 Å². The molecule has 0 aromatic heterocycles. The van der Waals surface area contributed by atoms with Crippen LogP contribution in [0.25, 0.3) is 0 Å². The molecule has 0 fully saturated rings. The van der Waals surface area contributed by atoms with E-state index < -0.39 is 24.0 Å². The van der Waals surface area contributed by atoms with Gasteiger partial charge < -0.3 is 32.3 Å². The molecule has 12 heteroatoms. The highest BCUT2D eigenvalue weighted by molar-refractivity contribution is 8.76. The molecule has 0 heterocycles. The summed E-state index contributed by atoms with van der Waals surface area (Å²) in [6.45, 7) is 1.30. The zero-order valence-corrected chi connectivity index (χ0v) is 31.5. The van der Waals surface area contributed by atoms with E-state index in [1.54, 1.807) is 0 Å².